The molecule has 2 rings (SSSR count). The van der Waals surface area contributed by atoms with E-state index in [1.807, 2.05) is 25.3 Å². The molecule has 0 unspecified atom stereocenters. The predicted molar refractivity (Wildman–Crippen MR) is 53.4 cm³/mol. The fraction of sp³-hybridized carbons (Fsp3) is 0.400. The van der Waals surface area contributed by atoms with Crippen molar-refractivity contribution in [1.82, 2.24) is 14.5 Å². The third-order valence-corrected chi connectivity index (χ3v) is 2.34. The van der Waals surface area contributed by atoms with Crippen molar-refractivity contribution in [2.24, 2.45) is 0 Å². The summed E-state index contributed by atoms with van der Waals surface area (Å²) in [5.74, 6) is 0.969. The van der Waals surface area contributed by atoms with E-state index in [9.17, 15) is 4.79 Å². The molecular formula is C10H13N3O. The van der Waals surface area contributed by atoms with Gasteiger partial charge in [-0.2, -0.15) is 0 Å². The molecule has 0 radical (unpaired) electrons. The van der Waals surface area contributed by atoms with Gasteiger partial charge in [0, 0.05) is 19.3 Å². The van der Waals surface area contributed by atoms with E-state index in [-0.39, 0.29) is 0 Å². The van der Waals surface area contributed by atoms with Gasteiger partial charge in [-0.1, -0.05) is 6.08 Å². The normalized spacial score (nSPS) is 15.9. The number of fused-ring (bicyclic) bond motifs is 1. The summed E-state index contributed by atoms with van der Waals surface area (Å²) in [5.41, 5.74) is 0.968. The third-order valence-electron chi connectivity index (χ3n) is 2.34. The van der Waals surface area contributed by atoms with E-state index in [0.717, 1.165) is 31.0 Å². The average molecular weight is 191 g/mol. The lowest BCUT2D eigenvalue weighted by Crippen LogP contribution is -2.32. The molecule has 0 spiro atoms. The van der Waals surface area contributed by atoms with Crippen molar-refractivity contribution in [3.63, 3.8) is 0 Å². The van der Waals surface area contributed by atoms with Crippen LogP contribution in [0.15, 0.2) is 12.3 Å². The highest BCUT2D eigenvalue weighted by atomic mass is 16.1. The molecule has 2 heterocycles. The second-order valence-corrected chi connectivity index (χ2v) is 3.35. The molecule has 0 fully saturated rings. The Balaban J connectivity index is 2.24. The average Bonchev–Trinajstić information content (AvgIpc) is 2.59. The maximum Gasteiger partial charge on any atom is 0.210 e. The van der Waals surface area contributed by atoms with Crippen LogP contribution in [0.2, 0.25) is 0 Å². The Morgan fingerprint density at radius 3 is 3.07 bits per heavy atom. The Morgan fingerprint density at radius 2 is 2.36 bits per heavy atom. The van der Waals surface area contributed by atoms with Gasteiger partial charge in [0.2, 0.25) is 6.41 Å². The fourth-order valence-corrected chi connectivity index (χ4v) is 1.63. The zero-order valence-corrected chi connectivity index (χ0v) is 8.18. The van der Waals surface area contributed by atoms with Crippen molar-refractivity contribution in [1.29, 1.82) is 0 Å². The molecule has 1 aromatic heterocycles. The predicted octanol–water partition coefficient (Wildman–Crippen LogP) is 0.888. The number of carbonyl (C=O) groups excluding carboxylic acids is 1. The first-order chi connectivity index (χ1) is 6.83. The molecule has 1 aliphatic heterocycles. The molecule has 1 amide bonds. The van der Waals surface area contributed by atoms with Crippen molar-refractivity contribution in [2.75, 3.05) is 6.54 Å². The first kappa shape index (κ1) is 8.99. The van der Waals surface area contributed by atoms with Gasteiger partial charge in [0.25, 0.3) is 0 Å². The van der Waals surface area contributed by atoms with E-state index < -0.39 is 0 Å². The van der Waals surface area contributed by atoms with Crippen LogP contribution in [-0.2, 0) is 17.9 Å². The molecule has 0 atom stereocenters. The van der Waals surface area contributed by atoms with Gasteiger partial charge in [-0.15, -0.1) is 0 Å². The minimum absolute atomic E-state index is 0.626. The number of aromatic nitrogens is 2. The van der Waals surface area contributed by atoms with E-state index in [0.29, 0.717) is 6.54 Å². The van der Waals surface area contributed by atoms with Gasteiger partial charge in [-0.05, 0) is 13.0 Å². The summed E-state index contributed by atoms with van der Waals surface area (Å²) < 4.78 is 2.11. The number of carbonyl (C=O) groups is 1. The van der Waals surface area contributed by atoms with Crippen LogP contribution >= 0.6 is 0 Å². The highest BCUT2D eigenvalue weighted by molar-refractivity contribution is 5.48. The summed E-state index contributed by atoms with van der Waals surface area (Å²) in [4.78, 5) is 16.7. The van der Waals surface area contributed by atoms with E-state index in [1.54, 1.807) is 4.90 Å². The Bertz CT molecular complexity index is 367. The van der Waals surface area contributed by atoms with Crippen LogP contribution in [0, 0.1) is 0 Å². The van der Waals surface area contributed by atoms with Crippen molar-refractivity contribution in [3.05, 3.63) is 23.8 Å². The first-order valence-electron chi connectivity index (χ1n) is 4.71. The van der Waals surface area contributed by atoms with E-state index in [2.05, 4.69) is 9.55 Å². The molecule has 4 heteroatoms. The van der Waals surface area contributed by atoms with Crippen LogP contribution in [0.4, 0.5) is 0 Å². The lowest BCUT2D eigenvalue weighted by molar-refractivity contribution is -0.119. The summed E-state index contributed by atoms with van der Waals surface area (Å²) in [6.07, 6.45) is 6.84. The van der Waals surface area contributed by atoms with Crippen LogP contribution < -0.4 is 0 Å². The Labute approximate surface area is 82.9 Å². The molecule has 0 bridgehead atoms. The number of allylic oxidation sites excluding steroid dienone is 1. The Morgan fingerprint density at radius 1 is 1.50 bits per heavy atom. The van der Waals surface area contributed by atoms with Crippen LogP contribution in [0.25, 0.3) is 6.08 Å². The molecule has 0 aliphatic carbocycles. The maximum atomic E-state index is 10.6. The summed E-state index contributed by atoms with van der Waals surface area (Å²) in [7, 11) is 0. The number of hydrogen-bond donors (Lipinski definition) is 0. The van der Waals surface area contributed by atoms with Gasteiger partial charge < -0.3 is 9.47 Å². The Hall–Kier alpha value is -1.58. The largest absolute Gasteiger partial charge is 0.336 e. The minimum Gasteiger partial charge on any atom is -0.336 e. The quantitative estimate of drug-likeness (QED) is 0.651. The van der Waals surface area contributed by atoms with Crippen molar-refractivity contribution in [2.45, 2.75) is 20.0 Å². The van der Waals surface area contributed by atoms with E-state index in [1.165, 1.54) is 0 Å². The minimum atomic E-state index is 0.626. The van der Waals surface area contributed by atoms with E-state index in [4.69, 9.17) is 0 Å². The van der Waals surface area contributed by atoms with Gasteiger partial charge in [0.05, 0.1) is 12.2 Å². The standard InChI is InChI=1S/C10H13N3O/c1-2-3-9-6-13-5-4-12(8-14)7-10(13)11-9/h2-3,6,8H,4-5,7H2,1H3/b3-2+. The van der Waals surface area contributed by atoms with E-state index >= 15 is 0 Å². The molecule has 1 aromatic rings. The van der Waals surface area contributed by atoms with Gasteiger partial charge >= 0.3 is 0 Å². The second kappa shape index (κ2) is 3.65. The second-order valence-electron chi connectivity index (χ2n) is 3.35. The molecule has 0 N–H and O–H groups in total. The molecule has 0 aromatic carbocycles. The molecule has 1 aliphatic rings. The number of nitrogens with zero attached hydrogens (tertiary/aromatic N) is 3. The van der Waals surface area contributed by atoms with Crippen LogP contribution in [0.3, 0.4) is 0 Å². The fourth-order valence-electron chi connectivity index (χ4n) is 1.63. The number of rotatable bonds is 2. The molecular weight excluding hydrogens is 178 g/mol. The summed E-state index contributed by atoms with van der Waals surface area (Å²) in [6, 6.07) is 0. The molecule has 14 heavy (non-hydrogen) atoms. The first-order valence-corrected chi connectivity index (χ1v) is 4.71. The van der Waals surface area contributed by atoms with Crippen molar-refractivity contribution < 1.29 is 4.79 Å². The number of hydrogen-bond acceptors (Lipinski definition) is 2. The molecule has 0 saturated heterocycles. The highest BCUT2D eigenvalue weighted by Crippen LogP contribution is 2.12. The third kappa shape index (κ3) is 1.55. The van der Waals surface area contributed by atoms with Crippen LogP contribution in [0.1, 0.15) is 18.4 Å². The topological polar surface area (TPSA) is 38.1 Å². The monoisotopic (exact) mass is 191 g/mol. The number of imidazole rings is 1. The van der Waals surface area contributed by atoms with Gasteiger partial charge in [0.15, 0.2) is 0 Å². The smallest absolute Gasteiger partial charge is 0.210 e. The zero-order valence-electron chi connectivity index (χ0n) is 8.18. The molecule has 0 saturated carbocycles. The summed E-state index contributed by atoms with van der Waals surface area (Å²) in [5, 5.41) is 0. The Kier molecular flexibility index (Phi) is 2.35. The summed E-state index contributed by atoms with van der Waals surface area (Å²) in [6.45, 7) is 4.22. The number of amides is 1. The lowest BCUT2D eigenvalue weighted by atomic mass is 10.4. The van der Waals surface area contributed by atoms with Gasteiger partial charge in [-0.3, -0.25) is 4.79 Å². The van der Waals surface area contributed by atoms with Crippen molar-refractivity contribution in [3.8, 4) is 0 Å². The van der Waals surface area contributed by atoms with Gasteiger partial charge in [-0.25, -0.2) is 4.98 Å². The lowest BCUT2D eigenvalue weighted by Gasteiger charge is -2.23. The van der Waals surface area contributed by atoms with Crippen molar-refractivity contribution >= 4 is 12.5 Å². The molecule has 74 valence electrons. The summed E-state index contributed by atoms with van der Waals surface area (Å²) >= 11 is 0. The van der Waals surface area contributed by atoms with Gasteiger partial charge in [0.1, 0.15) is 5.82 Å². The SMILES string of the molecule is C/C=C/c1cn2c(n1)CN(C=O)CC2. The highest BCUT2D eigenvalue weighted by Gasteiger charge is 2.15. The maximum absolute atomic E-state index is 10.6. The molecule has 4 nitrogen and oxygen atoms in total. The zero-order chi connectivity index (χ0) is 9.97. The van der Waals surface area contributed by atoms with Crippen LogP contribution in [0.5, 0.6) is 0 Å². The van der Waals surface area contributed by atoms with Crippen LogP contribution in [-0.4, -0.2) is 27.4 Å².